The molecule has 0 spiro atoms. The number of hydrogen-bond donors (Lipinski definition) is 1. The van der Waals surface area contributed by atoms with Gasteiger partial charge in [0.25, 0.3) is 0 Å². The lowest BCUT2D eigenvalue weighted by Crippen LogP contribution is -2.15. The second-order valence-electron chi connectivity index (χ2n) is 5.52. The van der Waals surface area contributed by atoms with Crippen LogP contribution in [0.3, 0.4) is 0 Å². The molecule has 0 aliphatic heterocycles. The van der Waals surface area contributed by atoms with Gasteiger partial charge < -0.3 is 9.88 Å². The van der Waals surface area contributed by atoms with E-state index in [1.54, 1.807) is 0 Å². The molecule has 0 aliphatic carbocycles. The fourth-order valence-electron chi connectivity index (χ4n) is 2.68. The molecule has 1 aromatic carbocycles. The molecule has 0 fully saturated rings. The molecule has 0 aliphatic rings. The summed E-state index contributed by atoms with van der Waals surface area (Å²) < 4.78 is 2.20. The van der Waals surface area contributed by atoms with Crippen molar-refractivity contribution in [3.8, 4) is 0 Å². The van der Waals surface area contributed by atoms with Crippen LogP contribution in [-0.2, 0) is 11.3 Å². The van der Waals surface area contributed by atoms with E-state index in [1.165, 1.54) is 10.9 Å². The zero-order valence-electron chi connectivity index (χ0n) is 12.6. The summed E-state index contributed by atoms with van der Waals surface area (Å²) >= 11 is 0. The Hall–Kier alpha value is -1.77. The molecule has 1 atom stereocenters. The summed E-state index contributed by atoms with van der Waals surface area (Å²) in [4.78, 5) is 12.0. The zero-order chi connectivity index (χ0) is 14.5. The number of hydrogen-bond acceptors (Lipinski definition) is 1. The van der Waals surface area contributed by atoms with Crippen LogP contribution in [0, 0.1) is 5.92 Å². The number of nitrogens with one attached hydrogen (secondary N) is 1. The van der Waals surface area contributed by atoms with Crippen LogP contribution < -0.4 is 5.32 Å². The average Bonchev–Trinajstić information content (AvgIpc) is 2.80. The number of rotatable bonds is 6. The maximum atomic E-state index is 12.0. The Morgan fingerprint density at radius 2 is 2.10 bits per heavy atom. The van der Waals surface area contributed by atoms with Crippen molar-refractivity contribution in [3.05, 3.63) is 30.5 Å². The molecular weight excluding hydrogens is 248 g/mol. The van der Waals surface area contributed by atoms with Gasteiger partial charge in [0.05, 0.1) is 0 Å². The minimum Gasteiger partial charge on any atom is -0.348 e. The standard InChI is InChI=1S/C17H24N2O/c1-4-6-13(3)11-17(20)18-15-7-8-16-14(12-15)9-10-19(16)5-2/h7-10,12-13H,4-6,11H2,1-3H3,(H,18,20). The first-order chi connectivity index (χ1) is 9.63. The third-order valence-electron chi connectivity index (χ3n) is 3.71. The van der Waals surface area contributed by atoms with Crippen molar-refractivity contribution in [2.45, 2.75) is 46.6 Å². The highest BCUT2D eigenvalue weighted by Crippen LogP contribution is 2.21. The molecular formula is C17H24N2O. The minimum absolute atomic E-state index is 0.111. The lowest BCUT2D eigenvalue weighted by Gasteiger charge is -2.10. The molecule has 3 heteroatoms. The second-order valence-corrected chi connectivity index (χ2v) is 5.52. The number of carbonyl (C=O) groups is 1. The van der Waals surface area contributed by atoms with Gasteiger partial charge in [-0.3, -0.25) is 4.79 Å². The average molecular weight is 272 g/mol. The maximum Gasteiger partial charge on any atom is 0.224 e. The fourth-order valence-corrected chi connectivity index (χ4v) is 2.68. The summed E-state index contributed by atoms with van der Waals surface area (Å²) in [7, 11) is 0. The molecule has 0 bridgehead atoms. The molecule has 3 nitrogen and oxygen atoms in total. The number of fused-ring (bicyclic) bond motifs is 1. The Morgan fingerprint density at radius 1 is 1.30 bits per heavy atom. The molecule has 1 unspecified atom stereocenters. The molecule has 0 radical (unpaired) electrons. The van der Waals surface area contributed by atoms with E-state index in [1.807, 2.05) is 12.1 Å². The number of aryl methyl sites for hydroxylation is 1. The van der Waals surface area contributed by atoms with Crippen molar-refractivity contribution < 1.29 is 4.79 Å². The number of nitrogens with zero attached hydrogens (tertiary/aromatic N) is 1. The van der Waals surface area contributed by atoms with Gasteiger partial charge in [0.15, 0.2) is 0 Å². The Morgan fingerprint density at radius 3 is 2.80 bits per heavy atom. The first kappa shape index (κ1) is 14.6. The topological polar surface area (TPSA) is 34.0 Å². The number of anilines is 1. The summed E-state index contributed by atoms with van der Waals surface area (Å²) in [5.74, 6) is 0.560. The molecule has 1 amide bonds. The molecule has 2 aromatic rings. The van der Waals surface area contributed by atoms with Crippen LogP contribution in [-0.4, -0.2) is 10.5 Å². The van der Waals surface area contributed by atoms with E-state index < -0.39 is 0 Å². The van der Waals surface area contributed by atoms with Crippen LogP contribution in [0.25, 0.3) is 10.9 Å². The highest BCUT2D eigenvalue weighted by Gasteiger charge is 2.09. The van der Waals surface area contributed by atoms with E-state index >= 15 is 0 Å². The van der Waals surface area contributed by atoms with E-state index in [2.05, 4.69) is 49.0 Å². The van der Waals surface area contributed by atoms with E-state index in [0.717, 1.165) is 25.1 Å². The van der Waals surface area contributed by atoms with Crippen LogP contribution in [0.4, 0.5) is 5.69 Å². The molecule has 1 N–H and O–H groups in total. The zero-order valence-corrected chi connectivity index (χ0v) is 12.6. The summed E-state index contributed by atoms with van der Waals surface area (Å²) in [6, 6.07) is 8.19. The number of carbonyl (C=O) groups excluding carboxylic acids is 1. The third kappa shape index (κ3) is 3.41. The fraction of sp³-hybridized carbons (Fsp3) is 0.471. The van der Waals surface area contributed by atoms with Gasteiger partial charge in [-0.2, -0.15) is 0 Å². The lowest BCUT2D eigenvalue weighted by atomic mass is 10.0. The van der Waals surface area contributed by atoms with Crippen molar-refractivity contribution in [3.63, 3.8) is 0 Å². The lowest BCUT2D eigenvalue weighted by molar-refractivity contribution is -0.117. The number of benzene rings is 1. The van der Waals surface area contributed by atoms with Crippen LogP contribution in [0.2, 0.25) is 0 Å². The Balaban J connectivity index is 2.04. The Labute approximate surface area is 121 Å². The van der Waals surface area contributed by atoms with Crippen molar-refractivity contribution in [2.24, 2.45) is 5.92 Å². The Kier molecular flexibility index (Phi) is 4.83. The largest absolute Gasteiger partial charge is 0.348 e. The van der Waals surface area contributed by atoms with Crippen molar-refractivity contribution in [2.75, 3.05) is 5.32 Å². The molecule has 1 aromatic heterocycles. The summed E-state index contributed by atoms with van der Waals surface area (Å²) in [5.41, 5.74) is 2.10. The van der Waals surface area contributed by atoms with Gasteiger partial charge in [-0.15, -0.1) is 0 Å². The van der Waals surface area contributed by atoms with Crippen molar-refractivity contribution in [1.82, 2.24) is 4.57 Å². The molecule has 0 saturated heterocycles. The van der Waals surface area contributed by atoms with E-state index in [-0.39, 0.29) is 5.91 Å². The van der Waals surface area contributed by atoms with Crippen LogP contribution in [0.5, 0.6) is 0 Å². The molecule has 0 saturated carbocycles. The summed E-state index contributed by atoms with van der Waals surface area (Å²) in [5, 5.41) is 4.17. The summed E-state index contributed by atoms with van der Waals surface area (Å²) in [6.45, 7) is 7.38. The molecule has 1 heterocycles. The predicted molar refractivity (Wildman–Crippen MR) is 84.9 cm³/mol. The van der Waals surface area contributed by atoms with E-state index in [9.17, 15) is 4.79 Å². The second kappa shape index (κ2) is 6.60. The van der Waals surface area contributed by atoms with Gasteiger partial charge in [-0.05, 0) is 37.1 Å². The van der Waals surface area contributed by atoms with Gasteiger partial charge >= 0.3 is 0 Å². The number of amides is 1. The van der Waals surface area contributed by atoms with Crippen molar-refractivity contribution >= 4 is 22.5 Å². The monoisotopic (exact) mass is 272 g/mol. The van der Waals surface area contributed by atoms with Crippen LogP contribution in [0.15, 0.2) is 30.5 Å². The molecule has 108 valence electrons. The predicted octanol–water partition coefficient (Wildman–Crippen LogP) is 4.43. The Bertz CT molecular complexity index is 586. The van der Waals surface area contributed by atoms with Gasteiger partial charge in [0, 0.05) is 35.8 Å². The third-order valence-corrected chi connectivity index (χ3v) is 3.71. The summed E-state index contributed by atoms with van der Waals surface area (Å²) in [6.07, 6.45) is 4.91. The molecule has 20 heavy (non-hydrogen) atoms. The van der Waals surface area contributed by atoms with E-state index in [4.69, 9.17) is 0 Å². The first-order valence-corrected chi connectivity index (χ1v) is 7.52. The SMILES string of the molecule is CCCC(C)CC(=O)Nc1ccc2c(ccn2CC)c1. The highest BCUT2D eigenvalue weighted by atomic mass is 16.1. The smallest absolute Gasteiger partial charge is 0.224 e. The van der Waals surface area contributed by atoms with Crippen LogP contribution >= 0.6 is 0 Å². The van der Waals surface area contributed by atoms with Gasteiger partial charge in [-0.25, -0.2) is 0 Å². The van der Waals surface area contributed by atoms with Crippen LogP contribution in [0.1, 0.15) is 40.0 Å². The van der Waals surface area contributed by atoms with Gasteiger partial charge in [-0.1, -0.05) is 26.7 Å². The normalized spacial score (nSPS) is 12.6. The maximum absolute atomic E-state index is 12.0. The first-order valence-electron chi connectivity index (χ1n) is 7.52. The molecule has 2 rings (SSSR count). The van der Waals surface area contributed by atoms with Gasteiger partial charge in [0.2, 0.25) is 5.91 Å². The van der Waals surface area contributed by atoms with E-state index in [0.29, 0.717) is 12.3 Å². The van der Waals surface area contributed by atoms with Crippen molar-refractivity contribution in [1.29, 1.82) is 0 Å². The minimum atomic E-state index is 0.111. The quantitative estimate of drug-likeness (QED) is 0.829. The highest BCUT2D eigenvalue weighted by molar-refractivity contribution is 5.94. The van der Waals surface area contributed by atoms with Gasteiger partial charge in [0.1, 0.15) is 0 Å². The number of aromatic nitrogens is 1.